The summed E-state index contributed by atoms with van der Waals surface area (Å²) < 4.78 is 21.5. The first kappa shape index (κ1) is 21.7. The van der Waals surface area contributed by atoms with Gasteiger partial charge in [0.15, 0.2) is 5.60 Å². The number of aliphatic hydroxyl groups is 1. The number of rotatable bonds is 3. The van der Waals surface area contributed by atoms with Gasteiger partial charge in [0.1, 0.15) is 12.4 Å². The van der Waals surface area contributed by atoms with Gasteiger partial charge in [0.2, 0.25) is 0 Å². The highest BCUT2D eigenvalue weighted by Crippen LogP contribution is 2.38. The predicted octanol–water partition coefficient (Wildman–Crippen LogP) is 4.27. The van der Waals surface area contributed by atoms with E-state index in [4.69, 9.17) is 9.72 Å². The van der Waals surface area contributed by atoms with Crippen LogP contribution in [0, 0.1) is 0 Å². The molecule has 33 heavy (non-hydrogen) atoms. The van der Waals surface area contributed by atoms with Crippen molar-refractivity contribution in [2.24, 2.45) is 0 Å². The Hall–Kier alpha value is -3.10. The average Bonchev–Trinajstić information content (AvgIpc) is 3.11. The summed E-state index contributed by atoms with van der Waals surface area (Å²) in [5.74, 6) is -0.972. The summed E-state index contributed by atoms with van der Waals surface area (Å²) in [7, 11) is -1.72. The van der Waals surface area contributed by atoms with Crippen LogP contribution in [-0.2, 0) is 28.3 Å². The fourth-order valence-electron chi connectivity index (χ4n) is 4.60. The fourth-order valence-corrected chi connectivity index (χ4v) is 5.52. The molecule has 3 aromatic rings. The minimum absolute atomic E-state index is 0.0962. The number of aromatic nitrogens is 2. The Kier molecular flexibility index (Phi) is 4.74. The summed E-state index contributed by atoms with van der Waals surface area (Å²) in [4.78, 5) is 30.3. The molecule has 0 bridgehead atoms. The number of fused-ring (bicyclic) bond motifs is 5. The molecule has 0 fully saturated rings. The van der Waals surface area contributed by atoms with Crippen molar-refractivity contribution in [3.63, 3.8) is 0 Å². The average molecular weight is 465 g/mol. The van der Waals surface area contributed by atoms with E-state index < -0.39 is 19.6 Å². The summed E-state index contributed by atoms with van der Waals surface area (Å²) in [6.07, 6.45) is 0.0962. The Morgan fingerprint density at radius 1 is 1.27 bits per heavy atom. The lowest BCUT2D eigenvalue weighted by Gasteiger charge is -2.31. The molecule has 0 aliphatic carbocycles. The fraction of sp³-hybridized carbons (Fsp3) is 0.320. The number of esters is 1. The van der Waals surface area contributed by atoms with Crippen molar-refractivity contribution in [3.8, 4) is 11.4 Å². The van der Waals surface area contributed by atoms with Gasteiger partial charge in [-0.25, -0.2) is 14.2 Å². The normalized spacial score (nSPS) is 19.8. The molecule has 0 saturated carbocycles. The number of benzene rings is 1. The van der Waals surface area contributed by atoms with Gasteiger partial charge < -0.3 is 14.4 Å². The highest BCUT2D eigenvalue weighted by Gasteiger charge is 2.45. The lowest BCUT2D eigenvalue weighted by atomic mass is 9.86. The smallest absolute Gasteiger partial charge is 0.343 e. The van der Waals surface area contributed by atoms with E-state index in [1.54, 1.807) is 41.5 Å². The highest BCUT2D eigenvalue weighted by molar-refractivity contribution is 6.81. The number of nitrogens with zero attached hydrogens (tertiary/aromatic N) is 2. The van der Waals surface area contributed by atoms with Gasteiger partial charge in [-0.15, -0.1) is 0 Å². The maximum atomic E-state index is 14.8. The zero-order valence-corrected chi connectivity index (χ0v) is 20.0. The number of halogens is 1. The van der Waals surface area contributed by atoms with E-state index in [1.165, 1.54) is 0 Å². The summed E-state index contributed by atoms with van der Waals surface area (Å²) >= 11 is 0. The second kappa shape index (κ2) is 7.20. The second-order valence-corrected chi connectivity index (χ2v) is 14.9. The number of pyridine rings is 2. The SMILES string of the molecule is CC[C@@]1(O)C(=O)OCc2c1cc1n(c2=O)Cc2cc3cc(/C(F)=C/[Si](C)(C)C)ccc3nc2-1. The number of carbonyl (C=O) groups excluding carboxylic acids is 1. The third-order valence-electron chi connectivity index (χ3n) is 6.34. The molecule has 0 radical (unpaired) electrons. The molecule has 2 aliphatic heterocycles. The van der Waals surface area contributed by atoms with Crippen molar-refractivity contribution in [3.05, 3.63) is 68.6 Å². The highest BCUT2D eigenvalue weighted by atomic mass is 28.3. The van der Waals surface area contributed by atoms with Crippen LogP contribution in [0.1, 0.15) is 35.6 Å². The number of cyclic esters (lactones) is 1. The van der Waals surface area contributed by atoms with Gasteiger partial charge in [-0.1, -0.05) is 32.3 Å². The number of carbonyl (C=O) groups is 1. The largest absolute Gasteiger partial charge is 0.458 e. The lowest BCUT2D eigenvalue weighted by Crippen LogP contribution is -2.44. The summed E-state index contributed by atoms with van der Waals surface area (Å²) in [5.41, 5.74) is 3.39. The summed E-state index contributed by atoms with van der Waals surface area (Å²) in [6, 6.07) is 8.90. The van der Waals surface area contributed by atoms with Crippen molar-refractivity contribution >= 4 is 30.8 Å². The van der Waals surface area contributed by atoms with Crippen LogP contribution in [0.25, 0.3) is 28.1 Å². The van der Waals surface area contributed by atoms with Gasteiger partial charge in [0, 0.05) is 22.1 Å². The van der Waals surface area contributed by atoms with Gasteiger partial charge in [0.05, 0.1) is 37.1 Å². The third-order valence-corrected chi connectivity index (χ3v) is 7.46. The van der Waals surface area contributed by atoms with E-state index in [2.05, 4.69) is 19.6 Å². The Labute approximate surface area is 191 Å². The van der Waals surface area contributed by atoms with Crippen LogP contribution >= 0.6 is 0 Å². The van der Waals surface area contributed by atoms with Crippen LogP contribution in [0.2, 0.25) is 19.6 Å². The number of hydrogen-bond acceptors (Lipinski definition) is 5. The Bertz CT molecular complexity index is 1440. The molecule has 0 unspecified atom stereocenters. The van der Waals surface area contributed by atoms with Crippen molar-refractivity contribution in [1.82, 2.24) is 9.55 Å². The van der Waals surface area contributed by atoms with Crippen molar-refractivity contribution in [1.29, 1.82) is 0 Å². The van der Waals surface area contributed by atoms with E-state index in [-0.39, 0.29) is 24.4 Å². The van der Waals surface area contributed by atoms with Crippen LogP contribution in [0.15, 0.2) is 40.8 Å². The minimum Gasteiger partial charge on any atom is -0.458 e. The first-order chi connectivity index (χ1) is 15.5. The minimum atomic E-state index is -1.85. The molecule has 1 N–H and O–H groups in total. The summed E-state index contributed by atoms with van der Waals surface area (Å²) in [6.45, 7) is 8.07. The molecular weight excluding hydrogens is 439 g/mol. The first-order valence-electron chi connectivity index (χ1n) is 11.0. The quantitative estimate of drug-likeness (QED) is 0.362. The number of ether oxygens (including phenoxy) is 1. The first-order valence-corrected chi connectivity index (χ1v) is 14.6. The van der Waals surface area contributed by atoms with Crippen LogP contribution in [-0.4, -0.2) is 28.7 Å². The molecule has 2 aliphatic rings. The Balaban J connectivity index is 1.66. The van der Waals surface area contributed by atoms with E-state index in [0.717, 1.165) is 10.9 Å². The van der Waals surface area contributed by atoms with Gasteiger partial charge >= 0.3 is 5.97 Å². The number of hydrogen-bond donors (Lipinski definition) is 1. The topological polar surface area (TPSA) is 81.4 Å². The molecule has 5 rings (SSSR count). The molecule has 1 atom stereocenters. The molecule has 6 nitrogen and oxygen atoms in total. The lowest BCUT2D eigenvalue weighted by molar-refractivity contribution is -0.172. The molecule has 4 heterocycles. The van der Waals surface area contributed by atoms with E-state index in [9.17, 15) is 19.1 Å². The molecular formula is C25H25FN2O4Si. The van der Waals surface area contributed by atoms with Crippen LogP contribution in [0.4, 0.5) is 4.39 Å². The maximum Gasteiger partial charge on any atom is 0.343 e. The standard InChI is InChI=1S/C25H25FN2O4Si/c1-5-25(31)18-10-21-22-16(11-28(21)23(29)17(18)12-32-24(25)30)9-15-8-14(6-7-20(15)27-22)19(26)13-33(2,3)4/h6-10,13,31H,5,11-12H2,1-4H3/b19-13-/t25-/m0/s1. The van der Waals surface area contributed by atoms with E-state index in [0.29, 0.717) is 40.1 Å². The van der Waals surface area contributed by atoms with Crippen molar-refractivity contribution in [2.75, 3.05) is 0 Å². The summed E-state index contributed by atoms with van der Waals surface area (Å²) in [5, 5.41) is 11.7. The monoisotopic (exact) mass is 464 g/mol. The molecule has 2 aromatic heterocycles. The Morgan fingerprint density at radius 2 is 2.03 bits per heavy atom. The van der Waals surface area contributed by atoms with Gasteiger partial charge in [0.25, 0.3) is 5.56 Å². The zero-order chi connectivity index (χ0) is 23.7. The zero-order valence-electron chi connectivity index (χ0n) is 19.0. The van der Waals surface area contributed by atoms with E-state index >= 15 is 0 Å². The van der Waals surface area contributed by atoms with Crippen LogP contribution in [0.5, 0.6) is 0 Å². The van der Waals surface area contributed by atoms with Gasteiger partial charge in [-0.2, -0.15) is 0 Å². The Morgan fingerprint density at radius 3 is 2.73 bits per heavy atom. The molecule has 170 valence electrons. The molecule has 0 amide bonds. The van der Waals surface area contributed by atoms with Crippen molar-refractivity contribution in [2.45, 2.75) is 51.7 Å². The maximum absolute atomic E-state index is 14.8. The second-order valence-electron chi connectivity index (χ2n) is 9.86. The predicted molar refractivity (Wildman–Crippen MR) is 127 cm³/mol. The molecule has 8 heteroatoms. The van der Waals surface area contributed by atoms with Crippen molar-refractivity contribution < 1.29 is 19.0 Å². The molecule has 0 saturated heterocycles. The molecule has 1 aromatic carbocycles. The van der Waals surface area contributed by atoms with Gasteiger partial charge in [-0.3, -0.25) is 4.79 Å². The van der Waals surface area contributed by atoms with E-state index in [1.807, 2.05) is 6.07 Å². The molecule has 0 spiro atoms. The van der Waals surface area contributed by atoms with Crippen LogP contribution < -0.4 is 5.56 Å². The van der Waals surface area contributed by atoms with Gasteiger partial charge in [-0.05, 0) is 36.8 Å². The van der Waals surface area contributed by atoms with Crippen LogP contribution in [0.3, 0.4) is 0 Å². The third kappa shape index (κ3) is 3.36.